The Bertz CT molecular complexity index is 389. The summed E-state index contributed by atoms with van der Waals surface area (Å²) < 4.78 is 37.3. The monoisotopic (exact) mass is 329 g/mol. The topological polar surface area (TPSA) is 43.1 Å². The number of nitrogens with two attached hydrogens (primary N) is 1. The van der Waals surface area contributed by atoms with Crippen molar-refractivity contribution in [3.63, 3.8) is 0 Å². The Morgan fingerprint density at radius 3 is 2.47 bits per heavy atom. The first-order valence-electron chi connectivity index (χ1n) is 3.92. The van der Waals surface area contributed by atoms with Gasteiger partial charge in [-0.05, 0) is 18.2 Å². The van der Waals surface area contributed by atoms with Crippen molar-refractivity contribution in [1.82, 2.24) is 0 Å². The molecule has 0 aliphatic carbocycles. The molecule has 1 aromatic carbocycles. The minimum atomic E-state index is -4.52. The summed E-state index contributed by atoms with van der Waals surface area (Å²) in [6, 6.07) is 3.18. The van der Waals surface area contributed by atoms with Gasteiger partial charge in [0.15, 0.2) is 5.78 Å². The molecule has 0 radical (unpaired) electrons. The molecule has 0 aromatic heterocycles. The zero-order valence-electron chi connectivity index (χ0n) is 7.44. The van der Waals surface area contributed by atoms with E-state index in [9.17, 15) is 18.0 Å². The molecular weight excluding hydrogens is 322 g/mol. The highest BCUT2D eigenvalue weighted by molar-refractivity contribution is 14.1. The van der Waals surface area contributed by atoms with E-state index in [0.717, 1.165) is 12.1 Å². The minimum Gasteiger partial charge on any atom is -0.398 e. The number of hydrogen-bond acceptors (Lipinski definition) is 2. The van der Waals surface area contributed by atoms with E-state index in [1.54, 1.807) is 22.6 Å². The number of benzene rings is 1. The van der Waals surface area contributed by atoms with Crippen LogP contribution in [-0.4, -0.2) is 10.2 Å². The van der Waals surface area contributed by atoms with Crippen molar-refractivity contribution >= 4 is 34.1 Å². The third-order valence-electron chi connectivity index (χ3n) is 1.80. The molecule has 1 rings (SSSR count). The molecule has 0 unspecified atom stereocenters. The van der Waals surface area contributed by atoms with Gasteiger partial charge in [-0.25, -0.2) is 0 Å². The van der Waals surface area contributed by atoms with Crippen molar-refractivity contribution in [1.29, 1.82) is 0 Å². The number of nitrogen functional groups attached to an aromatic ring is 1. The van der Waals surface area contributed by atoms with Gasteiger partial charge in [0, 0.05) is 11.3 Å². The fourth-order valence-electron chi connectivity index (χ4n) is 1.05. The van der Waals surface area contributed by atoms with Crippen LogP contribution >= 0.6 is 22.6 Å². The first-order valence-corrected chi connectivity index (χ1v) is 5.44. The van der Waals surface area contributed by atoms with Gasteiger partial charge in [-0.15, -0.1) is 0 Å². The van der Waals surface area contributed by atoms with E-state index in [1.165, 1.54) is 6.07 Å². The predicted octanol–water partition coefficient (Wildman–Crippen LogP) is 2.91. The summed E-state index contributed by atoms with van der Waals surface area (Å²) in [4.78, 5) is 11.2. The molecule has 2 N–H and O–H groups in total. The normalized spacial score (nSPS) is 11.5. The number of hydrogen-bond donors (Lipinski definition) is 1. The zero-order chi connectivity index (χ0) is 11.6. The first kappa shape index (κ1) is 12.3. The highest BCUT2D eigenvalue weighted by Crippen LogP contribution is 2.34. The van der Waals surface area contributed by atoms with E-state index in [4.69, 9.17) is 5.73 Å². The van der Waals surface area contributed by atoms with Gasteiger partial charge in [-0.3, -0.25) is 4.79 Å². The van der Waals surface area contributed by atoms with Crippen LogP contribution in [0.2, 0.25) is 0 Å². The second-order valence-corrected chi connectivity index (χ2v) is 3.62. The van der Waals surface area contributed by atoms with Gasteiger partial charge in [-0.2, -0.15) is 13.2 Å². The molecule has 82 valence electrons. The molecule has 0 saturated heterocycles. The van der Waals surface area contributed by atoms with Crippen LogP contribution in [0.3, 0.4) is 0 Å². The highest BCUT2D eigenvalue weighted by Gasteiger charge is 2.33. The molecule has 0 aliphatic rings. The predicted molar refractivity (Wildman–Crippen MR) is 59.1 cm³/mol. The molecular formula is C9H7F3INO. The average Bonchev–Trinajstić information content (AvgIpc) is 2.15. The first-order chi connectivity index (χ1) is 6.86. The number of carbonyl (C=O) groups excluding carboxylic acids is 1. The van der Waals surface area contributed by atoms with E-state index < -0.39 is 11.7 Å². The van der Waals surface area contributed by atoms with Gasteiger partial charge in [0.05, 0.1) is 9.99 Å². The summed E-state index contributed by atoms with van der Waals surface area (Å²) in [6.45, 7) is 0. The van der Waals surface area contributed by atoms with Crippen LogP contribution in [0.15, 0.2) is 18.2 Å². The maximum absolute atomic E-state index is 12.4. The van der Waals surface area contributed by atoms with Crippen LogP contribution in [0.5, 0.6) is 0 Å². The summed E-state index contributed by atoms with van der Waals surface area (Å²) in [5, 5.41) is 0. The third-order valence-corrected chi connectivity index (χ3v) is 2.49. The standard InChI is InChI=1S/C9H7F3INO/c10-9(11,12)6-3-5(8(15)4-13)1-2-7(6)14/h1-3H,4,14H2. The number of rotatable bonds is 2. The van der Waals surface area contributed by atoms with Gasteiger partial charge in [0.2, 0.25) is 0 Å². The van der Waals surface area contributed by atoms with Gasteiger partial charge < -0.3 is 5.73 Å². The summed E-state index contributed by atoms with van der Waals surface area (Å²) in [7, 11) is 0. The van der Waals surface area contributed by atoms with Crippen molar-refractivity contribution in [3.05, 3.63) is 29.3 Å². The number of halogens is 4. The average molecular weight is 329 g/mol. The second-order valence-electron chi connectivity index (χ2n) is 2.86. The van der Waals surface area contributed by atoms with E-state index >= 15 is 0 Å². The Hall–Kier alpha value is -0.790. The van der Waals surface area contributed by atoms with Crippen molar-refractivity contribution in [2.24, 2.45) is 0 Å². The number of ketones is 1. The van der Waals surface area contributed by atoms with E-state index in [0.29, 0.717) is 0 Å². The van der Waals surface area contributed by atoms with Crippen LogP contribution in [-0.2, 0) is 6.18 Å². The van der Waals surface area contributed by atoms with Gasteiger partial charge >= 0.3 is 6.18 Å². The smallest absolute Gasteiger partial charge is 0.398 e. The summed E-state index contributed by atoms with van der Waals surface area (Å²) >= 11 is 1.80. The van der Waals surface area contributed by atoms with Crippen molar-refractivity contribution in [2.75, 3.05) is 10.2 Å². The van der Waals surface area contributed by atoms with Gasteiger partial charge in [0.1, 0.15) is 0 Å². The Labute approximate surface area is 97.8 Å². The molecule has 0 saturated carbocycles. The second kappa shape index (κ2) is 4.38. The van der Waals surface area contributed by atoms with Crippen LogP contribution in [0.25, 0.3) is 0 Å². The van der Waals surface area contributed by atoms with Gasteiger partial charge in [0.25, 0.3) is 0 Å². The van der Waals surface area contributed by atoms with E-state index in [-0.39, 0.29) is 21.5 Å². The molecule has 0 heterocycles. The molecule has 2 nitrogen and oxygen atoms in total. The highest BCUT2D eigenvalue weighted by atomic mass is 127. The molecule has 0 amide bonds. The Morgan fingerprint density at radius 2 is 2.00 bits per heavy atom. The fourth-order valence-corrected chi connectivity index (χ4v) is 1.49. The van der Waals surface area contributed by atoms with Crippen LogP contribution < -0.4 is 5.73 Å². The van der Waals surface area contributed by atoms with Crippen molar-refractivity contribution in [3.8, 4) is 0 Å². The molecule has 1 aromatic rings. The molecule has 0 atom stereocenters. The van der Waals surface area contributed by atoms with Crippen molar-refractivity contribution < 1.29 is 18.0 Å². The lowest BCUT2D eigenvalue weighted by Gasteiger charge is -2.10. The van der Waals surface area contributed by atoms with E-state index in [2.05, 4.69) is 0 Å². The summed E-state index contributed by atoms with van der Waals surface area (Å²) in [5.74, 6) is -0.346. The SMILES string of the molecule is Nc1ccc(C(=O)CI)cc1C(F)(F)F. The minimum absolute atomic E-state index is 0.0333. The fraction of sp³-hybridized carbons (Fsp3) is 0.222. The Balaban J connectivity index is 3.23. The van der Waals surface area contributed by atoms with Crippen LogP contribution in [0.4, 0.5) is 18.9 Å². The number of carbonyl (C=O) groups is 1. The molecule has 0 fully saturated rings. The van der Waals surface area contributed by atoms with Gasteiger partial charge in [-0.1, -0.05) is 22.6 Å². The number of Topliss-reactive ketones (excluding diaryl/α,β-unsaturated/α-hetero) is 1. The van der Waals surface area contributed by atoms with Crippen LogP contribution in [0, 0.1) is 0 Å². The molecule has 15 heavy (non-hydrogen) atoms. The number of anilines is 1. The van der Waals surface area contributed by atoms with Crippen molar-refractivity contribution in [2.45, 2.75) is 6.18 Å². The summed E-state index contributed by atoms with van der Waals surface area (Å²) in [5.41, 5.74) is 3.89. The Kier molecular flexibility index (Phi) is 3.58. The zero-order valence-corrected chi connectivity index (χ0v) is 9.59. The molecule has 0 spiro atoms. The largest absolute Gasteiger partial charge is 0.418 e. The molecule has 0 bridgehead atoms. The number of alkyl halides is 4. The lowest BCUT2D eigenvalue weighted by molar-refractivity contribution is -0.136. The van der Waals surface area contributed by atoms with Crippen LogP contribution in [0.1, 0.15) is 15.9 Å². The third kappa shape index (κ3) is 2.83. The molecule has 0 aliphatic heterocycles. The maximum atomic E-state index is 12.4. The van der Waals surface area contributed by atoms with E-state index in [1.807, 2.05) is 0 Å². The molecule has 6 heteroatoms. The summed E-state index contributed by atoms with van der Waals surface area (Å²) in [6.07, 6.45) is -4.52. The maximum Gasteiger partial charge on any atom is 0.418 e. The quantitative estimate of drug-likeness (QED) is 0.392. The Morgan fingerprint density at radius 1 is 1.40 bits per heavy atom. The lowest BCUT2D eigenvalue weighted by Crippen LogP contribution is -2.11. The lowest BCUT2D eigenvalue weighted by atomic mass is 10.1.